The van der Waals surface area contributed by atoms with Gasteiger partial charge in [0.2, 0.25) is 0 Å². The summed E-state index contributed by atoms with van der Waals surface area (Å²) in [5, 5.41) is 6.75. The molecular weight excluding hydrogens is 389 g/mol. The van der Waals surface area contributed by atoms with Gasteiger partial charge in [0.1, 0.15) is 11.5 Å². The number of hydrogen-bond acceptors (Lipinski definition) is 5. The molecule has 7 nitrogen and oxygen atoms in total. The number of anilines is 1. The molecule has 0 atom stereocenters. The molecule has 1 amide bonds. The predicted octanol–water partition coefficient (Wildman–Crippen LogP) is 3.06. The Morgan fingerprint density at radius 3 is 2.50 bits per heavy atom. The predicted molar refractivity (Wildman–Crippen MR) is 101 cm³/mol. The minimum Gasteiger partial charge on any atom is -0.465 e. The number of rotatable bonds is 4. The molecule has 0 aliphatic heterocycles. The van der Waals surface area contributed by atoms with Crippen LogP contribution < -0.4 is 10.9 Å². The number of halogens is 2. The van der Waals surface area contributed by atoms with Crippen LogP contribution in [0.15, 0.2) is 59.4 Å². The Morgan fingerprint density at radius 1 is 1.11 bits per heavy atom. The van der Waals surface area contributed by atoms with Gasteiger partial charge < -0.3 is 10.1 Å². The van der Waals surface area contributed by atoms with E-state index in [0.717, 1.165) is 4.68 Å². The first-order chi connectivity index (χ1) is 13.4. The fourth-order valence-corrected chi connectivity index (χ4v) is 2.56. The van der Waals surface area contributed by atoms with Crippen LogP contribution in [-0.2, 0) is 4.74 Å². The molecule has 3 rings (SSSR count). The summed E-state index contributed by atoms with van der Waals surface area (Å²) in [6.45, 7) is 0. The lowest BCUT2D eigenvalue weighted by molar-refractivity contribution is 0.0600. The van der Waals surface area contributed by atoms with Gasteiger partial charge in [0.15, 0.2) is 0 Å². The fraction of sp³-hybridized carbons (Fsp3) is 0.0526. The van der Waals surface area contributed by atoms with Crippen molar-refractivity contribution < 1.29 is 18.7 Å². The Hall–Kier alpha value is -3.52. The highest BCUT2D eigenvalue weighted by Crippen LogP contribution is 2.21. The van der Waals surface area contributed by atoms with Crippen LogP contribution in [0.5, 0.6) is 0 Å². The molecule has 0 radical (unpaired) electrons. The summed E-state index contributed by atoms with van der Waals surface area (Å²) in [5.74, 6) is -1.73. The Kier molecular flexibility index (Phi) is 5.51. The molecule has 0 spiro atoms. The highest BCUT2D eigenvalue weighted by atomic mass is 35.5. The number of methoxy groups -OCH3 is 1. The summed E-state index contributed by atoms with van der Waals surface area (Å²) in [6.07, 6.45) is 0. The van der Waals surface area contributed by atoms with E-state index in [4.69, 9.17) is 11.6 Å². The zero-order chi connectivity index (χ0) is 20.3. The highest BCUT2D eigenvalue weighted by Gasteiger charge is 2.15. The third-order valence-corrected chi connectivity index (χ3v) is 4.06. The number of esters is 1. The molecule has 9 heteroatoms. The maximum atomic E-state index is 13.1. The Balaban J connectivity index is 1.89. The van der Waals surface area contributed by atoms with Gasteiger partial charge in [0.05, 0.1) is 23.4 Å². The van der Waals surface area contributed by atoms with Gasteiger partial charge in [-0.15, -0.1) is 0 Å². The Bertz CT molecular complexity index is 1110. The first-order valence-electron chi connectivity index (χ1n) is 7.94. The summed E-state index contributed by atoms with van der Waals surface area (Å²) >= 11 is 5.95. The number of carbonyl (C=O) groups excluding carboxylic acids is 2. The standard InChI is InChI=1S/C19H13ClFN3O4/c1-28-19(27)14-10-12(4-7-15(14)20)22-18(26)16-8-9-17(25)24(23-16)13-5-2-11(21)3-6-13/h2-10H,1H3,(H,22,26). The lowest BCUT2D eigenvalue weighted by Crippen LogP contribution is -2.25. The van der Waals surface area contributed by atoms with Crippen LogP contribution in [-0.4, -0.2) is 28.8 Å². The molecule has 1 heterocycles. The smallest absolute Gasteiger partial charge is 0.339 e. The number of amides is 1. The molecule has 1 N–H and O–H groups in total. The van der Waals surface area contributed by atoms with Crippen molar-refractivity contribution in [2.24, 2.45) is 0 Å². The maximum absolute atomic E-state index is 13.1. The lowest BCUT2D eigenvalue weighted by Gasteiger charge is -2.09. The maximum Gasteiger partial charge on any atom is 0.339 e. The van der Waals surface area contributed by atoms with E-state index in [0.29, 0.717) is 5.69 Å². The molecule has 1 aromatic heterocycles. The van der Waals surface area contributed by atoms with Crippen LogP contribution in [0, 0.1) is 5.82 Å². The molecular formula is C19H13ClFN3O4. The van der Waals surface area contributed by atoms with Gasteiger partial charge in [0, 0.05) is 11.8 Å². The van der Waals surface area contributed by atoms with Crippen LogP contribution in [0.4, 0.5) is 10.1 Å². The quantitative estimate of drug-likeness (QED) is 0.678. The van der Waals surface area contributed by atoms with Gasteiger partial charge >= 0.3 is 5.97 Å². The second-order valence-corrected chi connectivity index (χ2v) is 5.99. The topological polar surface area (TPSA) is 90.3 Å². The van der Waals surface area contributed by atoms with E-state index in [9.17, 15) is 18.8 Å². The van der Waals surface area contributed by atoms with E-state index < -0.39 is 23.3 Å². The number of carbonyl (C=O) groups is 2. The summed E-state index contributed by atoms with van der Waals surface area (Å²) < 4.78 is 18.7. The van der Waals surface area contributed by atoms with Crippen molar-refractivity contribution in [3.8, 4) is 5.69 Å². The summed E-state index contributed by atoms with van der Waals surface area (Å²) in [6, 6.07) is 11.8. The van der Waals surface area contributed by atoms with E-state index in [1.807, 2.05) is 0 Å². The van der Waals surface area contributed by atoms with Gasteiger partial charge in [-0.1, -0.05) is 11.6 Å². The van der Waals surface area contributed by atoms with Crippen LogP contribution in [0.1, 0.15) is 20.8 Å². The molecule has 28 heavy (non-hydrogen) atoms. The number of nitrogens with zero attached hydrogens (tertiary/aromatic N) is 2. The van der Waals surface area contributed by atoms with Crippen molar-refractivity contribution >= 4 is 29.2 Å². The zero-order valence-electron chi connectivity index (χ0n) is 14.5. The Labute approximate surface area is 163 Å². The number of aromatic nitrogens is 2. The van der Waals surface area contributed by atoms with Crippen molar-refractivity contribution in [1.29, 1.82) is 0 Å². The van der Waals surface area contributed by atoms with Gasteiger partial charge in [-0.3, -0.25) is 9.59 Å². The van der Waals surface area contributed by atoms with Gasteiger partial charge in [-0.05, 0) is 48.5 Å². The molecule has 0 aliphatic rings. The molecule has 0 unspecified atom stereocenters. The van der Waals surface area contributed by atoms with E-state index in [1.54, 1.807) is 0 Å². The normalized spacial score (nSPS) is 10.4. The van der Waals surface area contributed by atoms with Gasteiger partial charge in [-0.25, -0.2) is 9.18 Å². The number of benzene rings is 2. The fourth-order valence-electron chi connectivity index (χ4n) is 2.36. The summed E-state index contributed by atoms with van der Waals surface area (Å²) in [7, 11) is 1.21. The molecule has 0 fully saturated rings. The number of hydrogen-bond donors (Lipinski definition) is 1. The molecule has 142 valence electrons. The number of nitrogens with one attached hydrogen (secondary N) is 1. The summed E-state index contributed by atoms with van der Waals surface area (Å²) in [4.78, 5) is 36.2. The van der Waals surface area contributed by atoms with Crippen LogP contribution in [0.25, 0.3) is 5.69 Å². The minimum absolute atomic E-state index is 0.0570. The van der Waals surface area contributed by atoms with E-state index in [-0.39, 0.29) is 22.0 Å². The highest BCUT2D eigenvalue weighted by molar-refractivity contribution is 6.33. The van der Waals surface area contributed by atoms with Crippen molar-refractivity contribution in [3.63, 3.8) is 0 Å². The van der Waals surface area contributed by atoms with Gasteiger partial charge in [0.25, 0.3) is 11.5 Å². The monoisotopic (exact) mass is 401 g/mol. The van der Waals surface area contributed by atoms with Gasteiger partial charge in [-0.2, -0.15) is 9.78 Å². The van der Waals surface area contributed by atoms with Crippen LogP contribution in [0.2, 0.25) is 5.02 Å². The number of ether oxygens (including phenoxy) is 1. The largest absolute Gasteiger partial charge is 0.465 e. The van der Waals surface area contributed by atoms with Crippen LogP contribution in [0.3, 0.4) is 0 Å². The molecule has 0 saturated heterocycles. The van der Waals surface area contributed by atoms with Crippen molar-refractivity contribution in [2.75, 3.05) is 12.4 Å². The minimum atomic E-state index is -0.649. The Morgan fingerprint density at radius 2 is 1.82 bits per heavy atom. The van der Waals surface area contributed by atoms with E-state index in [2.05, 4.69) is 15.2 Å². The second kappa shape index (κ2) is 8.01. The van der Waals surface area contributed by atoms with E-state index >= 15 is 0 Å². The molecule has 0 aliphatic carbocycles. The van der Waals surface area contributed by atoms with Crippen molar-refractivity contribution in [1.82, 2.24) is 9.78 Å². The first kappa shape index (κ1) is 19.2. The lowest BCUT2D eigenvalue weighted by atomic mass is 10.2. The van der Waals surface area contributed by atoms with Crippen molar-refractivity contribution in [3.05, 3.63) is 87.0 Å². The van der Waals surface area contributed by atoms with E-state index in [1.165, 1.54) is 61.7 Å². The first-order valence-corrected chi connectivity index (χ1v) is 8.32. The molecule has 0 saturated carbocycles. The SMILES string of the molecule is COC(=O)c1cc(NC(=O)c2ccc(=O)n(-c3ccc(F)cc3)n2)ccc1Cl. The average Bonchev–Trinajstić information content (AvgIpc) is 2.70. The molecule has 2 aromatic carbocycles. The zero-order valence-corrected chi connectivity index (χ0v) is 15.2. The average molecular weight is 402 g/mol. The van der Waals surface area contributed by atoms with Crippen molar-refractivity contribution in [2.45, 2.75) is 0 Å². The molecule has 0 bridgehead atoms. The van der Waals surface area contributed by atoms with Crippen LogP contribution >= 0.6 is 11.6 Å². The third kappa shape index (κ3) is 4.07. The third-order valence-electron chi connectivity index (χ3n) is 3.73. The summed E-state index contributed by atoms with van der Waals surface area (Å²) in [5.41, 5.74) is 0.143. The second-order valence-electron chi connectivity index (χ2n) is 5.59. The molecule has 3 aromatic rings.